The van der Waals surface area contributed by atoms with Crippen molar-refractivity contribution in [2.45, 2.75) is 47.1 Å². The zero-order chi connectivity index (χ0) is 17.7. The lowest BCUT2D eigenvalue weighted by atomic mass is 9.96. The number of hydrogen-bond donors (Lipinski definition) is 2. The zero-order valence-electron chi connectivity index (χ0n) is 15.0. The number of nitrogens with zero attached hydrogens (tertiary/aromatic N) is 2. The van der Waals surface area contributed by atoms with Crippen LogP contribution in [0.2, 0.25) is 0 Å². The molecular weight excluding hydrogens is 324 g/mol. The summed E-state index contributed by atoms with van der Waals surface area (Å²) in [7, 11) is 0. The molecule has 1 aromatic heterocycles. The Hall–Kier alpha value is -1.47. The molecule has 2 amide bonds. The molecule has 0 unspecified atom stereocenters. The van der Waals surface area contributed by atoms with Crippen molar-refractivity contribution < 1.29 is 9.59 Å². The number of rotatable bonds is 5. The van der Waals surface area contributed by atoms with Crippen molar-refractivity contribution in [3.63, 3.8) is 0 Å². The fourth-order valence-corrected chi connectivity index (χ4v) is 3.19. The first-order valence-corrected chi connectivity index (χ1v) is 9.37. The van der Waals surface area contributed by atoms with E-state index in [4.69, 9.17) is 0 Å². The predicted octanol–water partition coefficient (Wildman–Crippen LogP) is 2.48. The van der Waals surface area contributed by atoms with Crippen LogP contribution in [0.3, 0.4) is 0 Å². The van der Waals surface area contributed by atoms with Crippen LogP contribution in [-0.4, -0.2) is 41.3 Å². The largest absolute Gasteiger partial charge is 0.347 e. The second kappa shape index (κ2) is 8.07. The molecule has 6 nitrogen and oxygen atoms in total. The molecule has 0 bridgehead atoms. The molecule has 0 atom stereocenters. The van der Waals surface area contributed by atoms with E-state index in [1.807, 2.05) is 26.2 Å². The second-order valence-corrected chi connectivity index (χ2v) is 8.44. The van der Waals surface area contributed by atoms with Gasteiger partial charge in [0.2, 0.25) is 11.8 Å². The SMILES string of the molecule is CC1CCN(Cc2csc(NC(=O)CNC(=O)C(C)(C)C)n2)CC1. The number of aromatic nitrogens is 1. The maximum atomic E-state index is 11.9. The van der Waals surface area contributed by atoms with E-state index in [1.165, 1.54) is 24.2 Å². The van der Waals surface area contributed by atoms with Crippen molar-refractivity contribution in [3.05, 3.63) is 11.1 Å². The molecule has 0 aliphatic carbocycles. The first-order valence-electron chi connectivity index (χ1n) is 8.49. The Morgan fingerprint density at radius 3 is 2.62 bits per heavy atom. The van der Waals surface area contributed by atoms with Gasteiger partial charge < -0.3 is 10.6 Å². The Balaban J connectivity index is 1.76. The van der Waals surface area contributed by atoms with Crippen molar-refractivity contribution in [3.8, 4) is 0 Å². The first kappa shape index (κ1) is 18.9. The van der Waals surface area contributed by atoms with Crippen LogP contribution in [-0.2, 0) is 16.1 Å². The molecule has 0 aromatic carbocycles. The lowest BCUT2D eigenvalue weighted by molar-refractivity contribution is -0.130. The molecule has 2 N–H and O–H groups in total. The third kappa shape index (κ3) is 5.87. The summed E-state index contributed by atoms with van der Waals surface area (Å²) >= 11 is 1.42. The zero-order valence-corrected chi connectivity index (χ0v) is 15.8. The van der Waals surface area contributed by atoms with Crippen LogP contribution in [0.5, 0.6) is 0 Å². The maximum Gasteiger partial charge on any atom is 0.245 e. The number of nitrogens with one attached hydrogen (secondary N) is 2. The summed E-state index contributed by atoms with van der Waals surface area (Å²) < 4.78 is 0. The molecule has 1 saturated heterocycles. The van der Waals surface area contributed by atoms with Gasteiger partial charge in [-0.1, -0.05) is 27.7 Å². The van der Waals surface area contributed by atoms with Gasteiger partial charge in [0, 0.05) is 17.3 Å². The minimum Gasteiger partial charge on any atom is -0.347 e. The van der Waals surface area contributed by atoms with E-state index in [-0.39, 0.29) is 18.4 Å². The highest BCUT2D eigenvalue weighted by atomic mass is 32.1. The highest BCUT2D eigenvalue weighted by molar-refractivity contribution is 7.13. The molecule has 134 valence electrons. The molecule has 2 rings (SSSR count). The van der Waals surface area contributed by atoms with Crippen LogP contribution >= 0.6 is 11.3 Å². The number of thiazole rings is 1. The van der Waals surface area contributed by atoms with E-state index < -0.39 is 5.41 Å². The topological polar surface area (TPSA) is 74.3 Å². The third-order valence-corrected chi connectivity index (χ3v) is 4.96. The van der Waals surface area contributed by atoms with Crippen molar-refractivity contribution >= 4 is 28.3 Å². The molecule has 0 radical (unpaired) electrons. The number of hydrogen-bond acceptors (Lipinski definition) is 5. The van der Waals surface area contributed by atoms with E-state index in [2.05, 4.69) is 27.4 Å². The average Bonchev–Trinajstić information content (AvgIpc) is 2.93. The predicted molar refractivity (Wildman–Crippen MR) is 96.9 cm³/mol. The molecule has 0 spiro atoms. The van der Waals surface area contributed by atoms with Gasteiger partial charge in [0.1, 0.15) is 0 Å². The summed E-state index contributed by atoms with van der Waals surface area (Å²) in [6.45, 7) is 10.8. The highest BCUT2D eigenvalue weighted by Crippen LogP contribution is 2.21. The van der Waals surface area contributed by atoms with E-state index in [1.54, 1.807) is 0 Å². The Morgan fingerprint density at radius 1 is 1.33 bits per heavy atom. The van der Waals surface area contributed by atoms with E-state index in [0.717, 1.165) is 31.2 Å². The Labute approximate surface area is 148 Å². The third-order valence-electron chi connectivity index (χ3n) is 4.15. The minimum atomic E-state index is -0.499. The Kier molecular flexibility index (Phi) is 6.34. The molecule has 1 fully saturated rings. The smallest absolute Gasteiger partial charge is 0.245 e. The number of likely N-dealkylation sites (tertiary alicyclic amines) is 1. The van der Waals surface area contributed by atoms with Crippen LogP contribution in [0, 0.1) is 11.3 Å². The van der Waals surface area contributed by atoms with Gasteiger partial charge in [-0.05, 0) is 31.8 Å². The van der Waals surface area contributed by atoms with Gasteiger partial charge in [0.05, 0.1) is 12.2 Å². The molecule has 1 aliphatic heterocycles. The summed E-state index contributed by atoms with van der Waals surface area (Å²) in [5.41, 5.74) is 0.490. The molecule has 0 saturated carbocycles. The molecular formula is C17H28N4O2S. The molecule has 1 aromatic rings. The van der Waals surface area contributed by atoms with Crippen LogP contribution in [0.1, 0.15) is 46.2 Å². The fourth-order valence-electron chi connectivity index (χ4n) is 2.48. The minimum absolute atomic E-state index is 0.0327. The maximum absolute atomic E-state index is 11.9. The summed E-state index contributed by atoms with van der Waals surface area (Å²) in [6, 6.07) is 0. The Bertz CT molecular complexity index is 571. The van der Waals surface area contributed by atoms with Crippen molar-refractivity contribution in [1.82, 2.24) is 15.2 Å². The average molecular weight is 353 g/mol. The lowest BCUT2D eigenvalue weighted by Crippen LogP contribution is -2.39. The van der Waals surface area contributed by atoms with E-state index in [0.29, 0.717) is 5.13 Å². The number of anilines is 1. The summed E-state index contributed by atoms with van der Waals surface area (Å²) in [5, 5.41) is 7.96. The van der Waals surface area contributed by atoms with Crippen molar-refractivity contribution in [1.29, 1.82) is 0 Å². The molecule has 7 heteroatoms. The van der Waals surface area contributed by atoms with Crippen LogP contribution in [0.15, 0.2) is 5.38 Å². The number of carbonyl (C=O) groups excluding carboxylic acids is 2. The van der Waals surface area contributed by atoms with E-state index >= 15 is 0 Å². The van der Waals surface area contributed by atoms with Gasteiger partial charge in [0.15, 0.2) is 5.13 Å². The molecule has 1 aliphatic rings. The highest BCUT2D eigenvalue weighted by Gasteiger charge is 2.21. The second-order valence-electron chi connectivity index (χ2n) is 7.58. The molecule has 24 heavy (non-hydrogen) atoms. The van der Waals surface area contributed by atoms with Crippen LogP contribution in [0.25, 0.3) is 0 Å². The quantitative estimate of drug-likeness (QED) is 0.854. The van der Waals surface area contributed by atoms with Gasteiger partial charge in [-0.25, -0.2) is 4.98 Å². The summed E-state index contributed by atoms with van der Waals surface area (Å²) in [6.07, 6.45) is 2.47. The number of amides is 2. The lowest BCUT2D eigenvalue weighted by Gasteiger charge is -2.29. The monoisotopic (exact) mass is 352 g/mol. The van der Waals surface area contributed by atoms with Gasteiger partial charge in [0.25, 0.3) is 0 Å². The standard InChI is InChI=1S/C17H28N4O2S/c1-12-5-7-21(8-6-12)10-13-11-24-16(19-13)20-14(22)9-18-15(23)17(2,3)4/h11-12H,5-10H2,1-4H3,(H,18,23)(H,19,20,22). The van der Waals surface area contributed by atoms with Gasteiger partial charge >= 0.3 is 0 Å². The molecule has 2 heterocycles. The first-order chi connectivity index (χ1) is 11.2. The Morgan fingerprint density at radius 2 is 2.00 bits per heavy atom. The number of piperidine rings is 1. The van der Waals surface area contributed by atoms with Gasteiger partial charge in [-0.3, -0.25) is 14.5 Å². The van der Waals surface area contributed by atoms with Crippen molar-refractivity contribution in [2.24, 2.45) is 11.3 Å². The van der Waals surface area contributed by atoms with Gasteiger partial charge in [-0.15, -0.1) is 11.3 Å². The fraction of sp³-hybridized carbons (Fsp3) is 0.706. The van der Waals surface area contributed by atoms with E-state index in [9.17, 15) is 9.59 Å². The number of carbonyl (C=O) groups is 2. The normalized spacial score (nSPS) is 16.8. The van der Waals surface area contributed by atoms with Crippen molar-refractivity contribution in [2.75, 3.05) is 25.0 Å². The van der Waals surface area contributed by atoms with Crippen LogP contribution < -0.4 is 10.6 Å². The van der Waals surface area contributed by atoms with Crippen LogP contribution in [0.4, 0.5) is 5.13 Å². The summed E-state index contributed by atoms with van der Waals surface area (Å²) in [5.74, 6) is 0.423. The summed E-state index contributed by atoms with van der Waals surface area (Å²) in [4.78, 5) is 30.5. The van der Waals surface area contributed by atoms with Gasteiger partial charge in [-0.2, -0.15) is 0 Å².